The fraction of sp³-hybridized carbons (Fsp3) is 0.500. The van der Waals surface area contributed by atoms with Gasteiger partial charge in [0.05, 0.1) is 19.1 Å². The Morgan fingerprint density at radius 1 is 1.19 bits per heavy atom. The van der Waals surface area contributed by atoms with E-state index in [-0.39, 0.29) is 5.91 Å². The number of piperidine rings is 1. The van der Waals surface area contributed by atoms with Gasteiger partial charge < -0.3 is 19.7 Å². The first-order valence-corrected chi connectivity index (χ1v) is 12.0. The summed E-state index contributed by atoms with van der Waals surface area (Å²) in [4.78, 5) is 17.0. The number of likely N-dealkylation sites (tertiary alicyclic amines) is 1. The van der Waals surface area contributed by atoms with E-state index in [1.807, 2.05) is 36.0 Å². The van der Waals surface area contributed by atoms with Gasteiger partial charge in [0.25, 0.3) is 5.91 Å². The Balaban J connectivity index is 1.43. The largest absolute Gasteiger partial charge is 0.493 e. The number of aryl methyl sites for hydroxylation is 1. The minimum Gasteiger partial charge on any atom is -0.493 e. The number of thiophene rings is 1. The van der Waals surface area contributed by atoms with E-state index in [9.17, 15) is 4.79 Å². The highest BCUT2D eigenvalue weighted by molar-refractivity contribution is 7.20. The van der Waals surface area contributed by atoms with Crippen molar-refractivity contribution in [3.63, 3.8) is 0 Å². The van der Waals surface area contributed by atoms with Crippen molar-refractivity contribution in [3.05, 3.63) is 29.1 Å². The van der Waals surface area contributed by atoms with E-state index in [0.29, 0.717) is 22.9 Å². The van der Waals surface area contributed by atoms with Crippen molar-refractivity contribution < 1.29 is 14.3 Å². The Hall–Kier alpha value is -2.58. The number of aromatic nitrogens is 2. The average molecular weight is 457 g/mol. The highest BCUT2D eigenvalue weighted by Gasteiger charge is 2.19. The van der Waals surface area contributed by atoms with Crippen molar-refractivity contribution in [2.45, 2.75) is 26.2 Å². The topological polar surface area (TPSA) is 68.6 Å². The van der Waals surface area contributed by atoms with Gasteiger partial charge >= 0.3 is 0 Å². The number of fused-ring (bicyclic) bond motifs is 1. The number of hydrogen-bond acceptors (Lipinski definition) is 6. The standard InChI is InChI=1S/C24H32N4O3S/c1-16-8-12-28(13-9-16)11-5-10-25-23(29)21-15-18-22(26-27(2)24(18)32-21)17-6-7-19(30-3)20(14-17)31-4/h6-7,14-16H,5,8-13H2,1-4H3,(H,25,29). The van der Waals surface area contributed by atoms with Gasteiger partial charge in [-0.15, -0.1) is 11.3 Å². The van der Waals surface area contributed by atoms with Crippen molar-refractivity contribution in [1.82, 2.24) is 20.0 Å². The molecule has 1 fully saturated rings. The van der Waals surface area contributed by atoms with Gasteiger partial charge in [-0.3, -0.25) is 9.48 Å². The molecule has 3 aromatic rings. The molecule has 0 aliphatic carbocycles. The van der Waals surface area contributed by atoms with Gasteiger partial charge in [-0.2, -0.15) is 5.10 Å². The number of carbonyl (C=O) groups is 1. The summed E-state index contributed by atoms with van der Waals surface area (Å²) in [5.74, 6) is 2.15. The van der Waals surface area contributed by atoms with Crippen molar-refractivity contribution in [2.24, 2.45) is 13.0 Å². The van der Waals surface area contributed by atoms with Crippen LogP contribution in [-0.2, 0) is 7.05 Å². The fourth-order valence-electron chi connectivity index (χ4n) is 4.23. The molecule has 7 nitrogen and oxygen atoms in total. The lowest BCUT2D eigenvalue weighted by molar-refractivity contribution is 0.0954. The maximum Gasteiger partial charge on any atom is 0.261 e. The highest BCUT2D eigenvalue weighted by Crippen LogP contribution is 2.37. The zero-order valence-corrected chi connectivity index (χ0v) is 20.1. The normalized spacial score (nSPS) is 15.2. The predicted molar refractivity (Wildman–Crippen MR) is 129 cm³/mol. The van der Waals surface area contributed by atoms with Crippen molar-refractivity contribution in [3.8, 4) is 22.8 Å². The third-order valence-electron chi connectivity index (χ3n) is 6.21. The molecule has 1 N–H and O–H groups in total. The van der Waals surface area contributed by atoms with E-state index in [2.05, 4.69) is 22.2 Å². The first-order chi connectivity index (χ1) is 15.5. The molecule has 1 aliphatic heterocycles. The summed E-state index contributed by atoms with van der Waals surface area (Å²) in [6.07, 6.45) is 3.54. The molecule has 3 heterocycles. The molecule has 0 saturated carbocycles. The van der Waals surface area contributed by atoms with Gasteiger partial charge in [0.2, 0.25) is 0 Å². The van der Waals surface area contributed by atoms with Gasteiger partial charge in [0.15, 0.2) is 11.5 Å². The first-order valence-electron chi connectivity index (χ1n) is 11.2. The van der Waals surface area contributed by atoms with E-state index >= 15 is 0 Å². The molecule has 0 spiro atoms. The maximum absolute atomic E-state index is 12.8. The zero-order valence-electron chi connectivity index (χ0n) is 19.3. The van der Waals surface area contributed by atoms with Crippen molar-refractivity contribution in [1.29, 1.82) is 0 Å². The minimum atomic E-state index is -0.0169. The van der Waals surface area contributed by atoms with Gasteiger partial charge in [-0.25, -0.2) is 0 Å². The Bertz CT molecular complexity index is 1080. The van der Waals surface area contributed by atoms with Crippen molar-refractivity contribution in [2.75, 3.05) is 40.4 Å². The lowest BCUT2D eigenvalue weighted by atomic mass is 9.99. The van der Waals surface area contributed by atoms with Crippen LogP contribution in [0.1, 0.15) is 35.9 Å². The quantitative estimate of drug-likeness (QED) is 0.515. The lowest BCUT2D eigenvalue weighted by Gasteiger charge is -2.30. The molecule has 8 heteroatoms. The molecule has 1 saturated heterocycles. The Labute approximate surface area is 193 Å². The number of nitrogens with zero attached hydrogens (tertiary/aromatic N) is 3. The van der Waals surface area contributed by atoms with Crippen LogP contribution in [-0.4, -0.2) is 61.0 Å². The number of ether oxygens (including phenoxy) is 2. The first kappa shape index (κ1) is 22.6. The van der Waals surface area contributed by atoms with Crippen LogP contribution in [0.15, 0.2) is 24.3 Å². The molecule has 1 aromatic carbocycles. The number of hydrogen-bond donors (Lipinski definition) is 1. The van der Waals surface area contributed by atoms with Crippen LogP contribution in [0.2, 0.25) is 0 Å². The number of methoxy groups -OCH3 is 2. The lowest BCUT2D eigenvalue weighted by Crippen LogP contribution is -2.35. The third kappa shape index (κ3) is 4.76. The second kappa shape index (κ2) is 9.92. The third-order valence-corrected chi connectivity index (χ3v) is 7.41. The molecule has 0 unspecified atom stereocenters. The Morgan fingerprint density at radius 2 is 1.94 bits per heavy atom. The van der Waals surface area contributed by atoms with Gasteiger partial charge in [0.1, 0.15) is 10.5 Å². The highest BCUT2D eigenvalue weighted by atomic mass is 32.1. The van der Waals surface area contributed by atoms with E-state index in [1.165, 1.54) is 37.3 Å². The monoisotopic (exact) mass is 456 g/mol. The fourth-order valence-corrected chi connectivity index (χ4v) is 5.22. The van der Waals surface area contributed by atoms with Gasteiger partial charge in [0, 0.05) is 24.5 Å². The smallest absolute Gasteiger partial charge is 0.261 e. The van der Waals surface area contributed by atoms with Crippen molar-refractivity contribution >= 4 is 27.5 Å². The summed E-state index contributed by atoms with van der Waals surface area (Å²) in [7, 11) is 5.14. The zero-order chi connectivity index (χ0) is 22.7. The number of amides is 1. The van der Waals surface area contributed by atoms with Crippen LogP contribution >= 0.6 is 11.3 Å². The maximum atomic E-state index is 12.8. The Morgan fingerprint density at radius 3 is 2.66 bits per heavy atom. The molecule has 2 aromatic heterocycles. The summed E-state index contributed by atoms with van der Waals surface area (Å²) in [6.45, 7) is 6.43. The van der Waals surface area contributed by atoms with E-state index < -0.39 is 0 Å². The summed E-state index contributed by atoms with van der Waals surface area (Å²) in [5.41, 5.74) is 1.76. The number of nitrogens with one attached hydrogen (secondary N) is 1. The molecule has 0 bridgehead atoms. The minimum absolute atomic E-state index is 0.0169. The molecule has 0 atom stereocenters. The SMILES string of the molecule is COc1ccc(-c2nn(C)c3sc(C(=O)NCCCN4CCC(C)CC4)cc23)cc1OC. The summed E-state index contributed by atoms with van der Waals surface area (Å²) < 4.78 is 12.6. The average Bonchev–Trinajstić information content (AvgIpc) is 3.38. The van der Waals surface area contributed by atoms with E-state index in [4.69, 9.17) is 9.47 Å². The molecule has 32 heavy (non-hydrogen) atoms. The molecular formula is C24H32N4O3S. The van der Waals surface area contributed by atoms with Crippen LogP contribution in [0.25, 0.3) is 21.5 Å². The molecule has 1 aliphatic rings. The molecule has 1 amide bonds. The molecule has 4 rings (SSSR count). The second-order valence-electron chi connectivity index (χ2n) is 8.51. The molecule has 172 valence electrons. The van der Waals surface area contributed by atoms with Crippen LogP contribution in [0, 0.1) is 5.92 Å². The van der Waals surface area contributed by atoms with E-state index in [0.717, 1.165) is 40.4 Å². The molecular weight excluding hydrogens is 424 g/mol. The van der Waals surface area contributed by atoms with Gasteiger partial charge in [-0.05, 0) is 69.1 Å². The van der Waals surface area contributed by atoms with E-state index in [1.54, 1.807) is 14.2 Å². The van der Waals surface area contributed by atoms with Crippen LogP contribution in [0.3, 0.4) is 0 Å². The summed E-state index contributed by atoms with van der Waals surface area (Å²) >= 11 is 1.47. The summed E-state index contributed by atoms with van der Waals surface area (Å²) in [5, 5.41) is 8.74. The second-order valence-corrected chi connectivity index (χ2v) is 9.54. The number of benzene rings is 1. The van der Waals surface area contributed by atoms with Crippen LogP contribution in [0.5, 0.6) is 11.5 Å². The van der Waals surface area contributed by atoms with Crippen LogP contribution < -0.4 is 14.8 Å². The molecule has 0 radical (unpaired) electrons. The Kier molecular flexibility index (Phi) is 7.01. The predicted octanol–water partition coefficient (Wildman–Crippen LogP) is 4.17. The number of rotatable bonds is 8. The van der Waals surface area contributed by atoms with Crippen LogP contribution in [0.4, 0.5) is 0 Å². The van der Waals surface area contributed by atoms with Gasteiger partial charge in [-0.1, -0.05) is 6.92 Å². The number of carbonyl (C=O) groups excluding carboxylic acids is 1. The summed E-state index contributed by atoms with van der Waals surface area (Å²) in [6, 6.07) is 7.69.